The summed E-state index contributed by atoms with van der Waals surface area (Å²) >= 11 is 0. The molecule has 0 aliphatic carbocycles. The fourth-order valence-corrected chi connectivity index (χ4v) is 4.57. The van der Waals surface area contributed by atoms with Crippen molar-refractivity contribution in [2.24, 2.45) is 0 Å². The Hall–Kier alpha value is -3.58. The number of nitro groups is 2. The molecule has 1 heterocycles. The molecule has 7 nitrogen and oxygen atoms in total. The van der Waals surface area contributed by atoms with E-state index in [-0.39, 0.29) is 29.5 Å². The van der Waals surface area contributed by atoms with E-state index in [0.29, 0.717) is 12.8 Å². The van der Waals surface area contributed by atoms with Crippen LogP contribution in [0.5, 0.6) is 0 Å². The highest BCUT2D eigenvalue weighted by Crippen LogP contribution is 2.47. The standard InChI is InChI=1S/C25H24N2O5/c1-16-9-10-23(17(2)11-16)20-14-24(18-5-3-7-21(12-18)26(28)29)32-25(15-20)19-6-4-8-22(13-19)27(30)31/h3-13,20,24-25H,14-15H2,1-2H3/t20?,24-,25+. The first-order chi connectivity index (χ1) is 15.3. The molecule has 0 radical (unpaired) electrons. The predicted octanol–water partition coefficient (Wildman–Crippen LogP) is 6.50. The highest BCUT2D eigenvalue weighted by atomic mass is 16.6. The number of hydrogen-bond acceptors (Lipinski definition) is 5. The minimum atomic E-state index is -0.411. The average molecular weight is 432 g/mol. The molecule has 4 rings (SSSR count). The second-order valence-electron chi connectivity index (χ2n) is 8.35. The second-order valence-corrected chi connectivity index (χ2v) is 8.35. The van der Waals surface area contributed by atoms with Gasteiger partial charge in [-0.1, -0.05) is 48.0 Å². The van der Waals surface area contributed by atoms with Crippen molar-refractivity contribution in [3.05, 3.63) is 115 Å². The minimum Gasteiger partial charge on any atom is -0.366 e. The van der Waals surface area contributed by atoms with Gasteiger partial charge < -0.3 is 4.74 Å². The third kappa shape index (κ3) is 4.53. The van der Waals surface area contributed by atoms with Gasteiger partial charge in [0.2, 0.25) is 0 Å². The van der Waals surface area contributed by atoms with E-state index in [1.54, 1.807) is 24.3 Å². The van der Waals surface area contributed by atoms with E-state index < -0.39 is 9.85 Å². The number of rotatable bonds is 5. The molecular weight excluding hydrogens is 408 g/mol. The van der Waals surface area contributed by atoms with Crippen LogP contribution < -0.4 is 0 Å². The van der Waals surface area contributed by atoms with Crippen LogP contribution in [0.2, 0.25) is 0 Å². The fraction of sp³-hybridized carbons (Fsp3) is 0.280. The molecule has 3 atom stereocenters. The van der Waals surface area contributed by atoms with Crippen LogP contribution in [-0.2, 0) is 4.74 Å². The smallest absolute Gasteiger partial charge is 0.269 e. The van der Waals surface area contributed by atoms with Crippen molar-refractivity contribution in [1.82, 2.24) is 0 Å². The number of hydrogen-bond donors (Lipinski definition) is 0. The van der Waals surface area contributed by atoms with Crippen LogP contribution in [-0.4, -0.2) is 9.85 Å². The summed E-state index contributed by atoms with van der Waals surface area (Å²) in [5.41, 5.74) is 5.10. The quantitative estimate of drug-likeness (QED) is 0.339. The molecule has 1 unspecified atom stereocenters. The molecule has 32 heavy (non-hydrogen) atoms. The summed E-state index contributed by atoms with van der Waals surface area (Å²) in [5.74, 6) is 0.151. The van der Waals surface area contributed by atoms with Gasteiger partial charge in [0.15, 0.2) is 0 Å². The maximum absolute atomic E-state index is 11.3. The number of ether oxygens (including phenoxy) is 1. The van der Waals surface area contributed by atoms with E-state index in [1.165, 1.54) is 28.8 Å². The molecule has 0 N–H and O–H groups in total. The predicted molar refractivity (Wildman–Crippen MR) is 121 cm³/mol. The second kappa shape index (κ2) is 8.88. The summed E-state index contributed by atoms with van der Waals surface area (Å²) in [5, 5.41) is 22.6. The summed E-state index contributed by atoms with van der Waals surface area (Å²) < 4.78 is 6.40. The molecule has 7 heteroatoms. The first-order valence-electron chi connectivity index (χ1n) is 10.5. The molecule has 1 saturated heterocycles. The number of nitro benzene ring substituents is 2. The third-order valence-corrected chi connectivity index (χ3v) is 6.10. The van der Waals surface area contributed by atoms with Crippen molar-refractivity contribution in [3.8, 4) is 0 Å². The molecule has 0 saturated carbocycles. The van der Waals surface area contributed by atoms with Gasteiger partial charge in [-0.3, -0.25) is 20.2 Å². The molecule has 0 bridgehead atoms. The van der Waals surface area contributed by atoms with Crippen molar-refractivity contribution < 1.29 is 14.6 Å². The first kappa shape index (κ1) is 21.6. The van der Waals surface area contributed by atoms with Gasteiger partial charge in [-0.2, -0.15) is 0 Å². The van der Waals surface area contributed by atoms with Crippen molar-refractivity contribution in [3.63, 3.8) is 0 Å². The van der Waals surface area contributed by atoms with Crippen LogP contribution in [0, 0.1) is 34.1 Å². The topological polar surface area (TPSA) is 95.5 Å². The zero-order valence-electron chi connectivity index (χ0n) is 17.9. The lowest BCUT2D eigenvalue weighted by Crippen LogP contribution is -2.23. The Morgan fingerprint density at radius 3 is 1.78 bits per heavy atom. The summed E-state index contributed by atoms with van der Waals surface area (Å²) in [6, 6.07) is 19.4. The zero-order chi connectivity index (χ0) is 22.8. The molecular formula is C25H24N2O5. The van der Waals surface area contributed by atoms with Crippen LogP contribution in [0.25, 0.3) is 0 Å². The molecule has 0 aromatic heterocycles. The Labute approximate surface area is 186 Å². The van der Waals surface area contributed by atoms with E-state index >= 15 is 0 Å². The van der Waals surface area contributed by atoms with Crippen LogP contribution in [0.3, 0.4) is 0 Å². The van der Waals surface area contributed by atoms with E-state index in [1.807, 2.05) is 12.1 Å². The first-order valence-corrected chi connectivity index (χ1v) is 10.5. The van der Waals surface area contributed by atoms with E-state index in [9.17, 15) is 20.2 Å². The Morgan fingerprint density at radius 1 is 0.781 bits per heavy atom. The van der Waals surface area contributed by atoms with Gasteiger partial charge >= 0.3 is 0 Å². The number of non-ortho nitro benzene ring substituents is 2. The molecule has 1 aliphatic heterocycles. The lowest BCUT2D eigenvalue weighted by Gasteiger charge is -2.37. The molecule has 164 valence electrons. The summed E-state index contributed by atoms with van der Waals surface area (Å²) in [6.07, 6.45) is 0.629. The van der Waals surface area contributed by atoms with Gasteiger partial charge in [-0.05, 0) is 54.9 Å². The van der Waals surface area contributed by atoms with Gasteiger partial charge in [0.1, 0.15) is 0 Å². The van der Waals surface area contributed by atoms with Gasteiger partial charge in [-0.25, -0.2) is 0 Å². The van der Waals surface area contributed by atoms with E-state index in [4.69, 9.17) is 4.74 Å². The monoisotopic (exact) mass is 432 g/mol. The Kier molecular flexibility index (Phi) is 6.01. The Bertz CT molecular complexity index is 1110. The minimum absolute atomic E-state index is 0.0200. The van der Waals surface area contributed by atoms with Crippen molar-refractivity contribution in [2.45, 2.75) is 44.8 Å². The normalized spacial score (nSPS) is 20.6. The summed E-state index contributed by atoms with van der Waals surface area (Å²) in [6.45, 7) is 4.14. The molecule has 3 aromatic carbocycles. The van der Waals surface area contributed by atoms with E-state index in [0.717, 1.165) is 11.1 Å². The molecule has 1 aliphatic rings. The summed E-state index contributed by atoms with van der Waals surface area (Å²) in [4.78, 5) is 21.8. The summed E-state index contributed by atoms with van der Waals surface area (Å²) in [7, 11) is 0. The van der Waals surface area contributed by atoms with Gasteiger partial charge in [0, 0.05) is 24.3 Å². The van der Waals surface area contributed by atoms with Crippen molar-refractivity contribution in [2.75, 3.05) is 0 Å². The molecule has 1 fully saturated rings. The van der Waals surface area contributed by atoms with Crippen LogP contribution >= 0.6 is 0 Å². The lowest BCUT2D eigenvalue weighted by molar-refractivity contribution is -0.385. The highest BCUT2D eigenvalue weighted by Gasteiger charge is 2.34. The zero-order valence-corrected chi connectivity index (χ0v) is 17.9. The molecule has 0 spiro atoms. The number of aryl methyl sites for hydroxylation is 2. The van der Waals surface area contributed by atoms with Crippen LogP contribution in [0.1, 0.15) is 58.8 Å². The van der Waals surface area contributed by atoms with Crippen LogP contribution in [0.4, 0.5) is 11.4 Å². The Balaban J connectivity index is 1.74. The largest absolute Gasteiger partial charge is 0.366 e. The van der Waals surface area contributed by atoms with E-state index in [2.05, 4.69) is 32.0 Å². The maximum Gasteiger partial charge on any atom is 0.269 e. The lowest BCUT2D eigenvalue weighted by atomic mass is 9.80. The highest BCUT2D eigenvalue weighted by molar-refractivity contribution is 5.39. The number of benzene rings is 3. The fourth-order valence-electron chi connectivity index (χ4n) is 4.57. The number of nitrogens with zero attached hydrogens (tertiary/aromatic N) is 2. The Morgan fingerprint density at radius 2 is 1.31 bits per heavy atom. The third-order valence-electron chi connectivity index (χ3n) is 6.10. The maximum atomic E-state index is 11.3. The van der Waals surface area contributed by atoms with Gasteiger partial charge in [0.05, 0.1) is 22.1 Å². The van der Waals surface area contributed by atoms with Crippen LogP contribution in [0.15, 0.2) is 66.7 Å². The van der Waals surface area contributed by atoms with Gasteiger partial charge in [-0.15, -0.1) is 0 Å². The molecule has 3 aromatic rings. The average Bonchev–Trinajstić information content (AvgIpc) is 2.79. The molecule has 0 amide bonds. The SMILES string of the molecule is Cc1ccc(C2C[C@@H](c3cccc([N+](=O)[O-])c3)O[C@@H](c3cccc([N+](=O)[O-])c3)C2)c(C)c1. The van der Waals surface area contributed by atoms with Gasteiger partial charge in [0.25, 0.3) is 11.4 Å². The van der Waals surface area contributed by atoms with Crippen molar-refractivity contribution in [1.29, 1.82) is 0 Å². The van der Waals surface area contributed by atoms with Crippen molar-refractivity contribution >= 4 is 11.4 Å².